The number of hydrogen-bond donors (Lipinski definition) is 1. The monoisotopic (exact) mass is 243 g/mol. The van der Waals surface area contributed by atoms with Gasteiger partial charge in [0.1, 0.15) is 11.6 Å². The number of hydrogen-bond acceptors (Lipinski definition) is 4. The van der Waals surface area contributed by atoms with E-state index in [9.17, 15) is 0 Å². The van der Waals surface area contributed by atoms with Crippen LogP contribution in [0.15, 0.2) is 30.5 Å². The van der Waals surface area contributed by atoms with E-state index in [1.807, 2.05) is 24.4 Å². The number of rotatable bonds is 3. The molecule has 0 amide bonds. The Kier molecular flexibility index (Phi) is 2.80. The van der Waals surface area contributed by atoms with E-state index in [1.165, 1.54) is 0 Å². The normalized spacial score (nSPS) is 15.4. The van der Waals surface area contributed by atoms with Crippen LogP contribution in [-0.4, -0.2) is 38.3 Å². The van der Waals surface area contributed by atoms with E-state index >= 15 is 0 Å². The predicted octanol–water partition coefficient (Wildman–Crippen LogP) is 1.65. The minimum absolute atomic E-state index is 0.536. The molecule has 0 aliphatic carbocycles. The number of nitrogens with zero attached hydrogens (tertiary/aromatic N) is 2. The first-order valence-corrected chi connectivity index (χ1v) is 6.16. The van der Waals surface area contributed by atoms with Gasteiger partial charge in [-0.3, -0.25) is 0 Å². The molecule has 0 saturated carbocycles. The number of fused-ring (bicyclic) bond motifs is 1. The van der Waals surface area contributed by atoms with Gasteiger partial charge >= 0.3 is 0 Å². The summed E-state index contributed by atoms with van der Waals surface area (Å²) < 4.78 is 5.40. The second-order valence-electron chi connectivity index (χ2n) is 4.61. The lowest BCUT2D eigenvalue weighted by atomic mass is 10.1. The molecule has 3 rings (SSSR count). The fraction of sp³-hybridized carbons (Fsp3) is 0.357. The van der Waals surface area contributed by atoms with E-state index < -0.39 is 0 Å². The van der Waals surface area contributed by atoms with Crippen LogP contribution in [-0.2, 0) is 0 Å². The maximum atomic E-state index is 5.40. The highest BCUT2D eigenvalue weighted by Gasteiger charge is 2.23. The fourth-order valence-electron chi connectivity index (χ4n) is 2.34. The maximum Gasteiger partial charge on any atom is 0.136 e. The van der Waals surface area contributed by atoms with Gasteiger partial charge in [-0.15, -0.1) is 0 Å². The summed E-state index contributed by atoms with van der Waals surface area (Å²) in [6, 6.07) is 8.64. The molecule has 1 aliphatic heterocycles. The Morgan fingerprint density at radius 3 is 2.78 bits per heavy atom. The van der Waals surface area contributed by atoms with Crippen molar-refractivity contribution in [3.05, 3.63) is 30.5 Å². The molecule has 4 heteroatoms. The molecular formula is C14H17N3O. The van der Waals surface area contributed by atoms with Crippen LogP contribution in [0.5, 0.6) is 5.75 Å². The van der Waals surface area contributed by atoms with Gasteiger partial charge in [0, 0.05) is 37.1 Å². The van der Waals surface area contributed by atoms with Gasteiger partial charge in [0.2, 0.25) is 0 Å². The quantitative estimate of drug-likeness (QED) is 0.889. The Labute approximate surface area is 107 Å². The Morgan fingerprint density at radius 1 is 1.28 bits per heavy atom. The summed E-state index contributed by atoms with van der Waals surface area (Å²) in [5.74, 6) is 1.93. The molecule has 0 radical (unpaired) electrons. The van der Waals surface area contributed by atoms with E-state index in [0.717, 1.165) is 35.4 Å². The SMILES string of the molecule is COc1cccc2c(N(C)C3CNC3)nccc12. The van der Waals surface area contributed by atoms with E-state index in [4.69, 9.17) is 4.74 Å². The number of anilines is 1. The van der Waals surface area contributed by atoms with Crippen molar-refractivity contribution in [3.8, 4) is 5.75 Å². The van der Waals surface area contributed by atoms with Crippen LogP contribution in [0.1, 0.15) is 0 Å². The van der Waals surface area contributed by atoms with Crippen molar-refractivity contribution >= 4 is 16.6 Å². The van der Waals surface area contributed by atoms with Crippen molar-refractivity contribution in [2.24, 2.45) is 0 Å². The molecule has 0 bridgehead atoms. The van der Waals surface area contributed by atoms with Crippen molar-refractivity contribution in [1.29, 1.82) is 0 Å². The van der Waals surface area contributed by atoms with Crippen molar-refractivity contribution in [1.82, 2.24) is 10.3 Å². The number of methoxy groups -OCH3 is 1. The van der Waals surface area contributed by atoms with Crippen LogP contribution in [0.2, 0.25) is 0 Å². The Hall–Kier alpha value is -1.81. The van der Waals surface area contributed by atoms with E-state index in [0.29, 0.717) is 6.04 Å². The second-order valence-corrected chi connectivity index (χ2v) is 4.61. The van der Waals surface area contributed by atoms with Gasteiger partial charge in [0.25, 0.3) is 0 Å². The molecule has 0 unspecified atom stereocenters. The largest absolute Gasteiger partial charge is 0.496 e. The molecule has 2 aromatic rings. The third-order valence-corrected chi connectivity index (χ3v) is 3.61. The van der Waals surface area contributed by atoms with Crippen LogP contribution in [0, 0.1) is 0 Å². The molecule has 1 aliphatic rings. The summed E-state index contributed by atoms with van der Waals surface area (Å²) in [7, 11) is 3.81. The molecule has 0 spiro atoms. The summed E-state index contributed by atoms with van der Waals surface area (Å²) in [4.78, 5) is 6.78. The lowest BCUT2D eigenvalue weighted by molar-refractivity contribution is 0.419. The second kappa shape index (κ2) is 4.46. The topological polar surface area (TPSA) is 37.4 Å². The number of benzene rings is 1. The highest BCUT2D eigenvalue weighted by atomic mass is 16.5. The van der Waals surface area contributed by atoms with E-state index in [1.54, 1.807) is 7.11 Å². The van der Waals surface area contributed by atoms with Crippen molar-refractivity contribution < 1.29 is 4.74 Å². The summed E-state index contributed by atoms with van der Waals surface area (Å²) >= 11 is 0. The molecule has 1 aromatic carbocycles. The molecular weight excluding hydrogens is 226 g/mol. The van der Waals surface area contributed by atoms with Crippen molar-refractivity contribution in [2.45, 2.75) is 6.04 Å². The molecule has 94 valence electrons. The third kappa shape index (κ3) is 1.69. The van der Waals surface area contributed by atoms with Crippen LogP contribution in [0.4, 0.5) is 5.82 Å². The van der Waals surface area contributed by atoms with Gasteiger partial charge < -0.3 is 15.0 Å². The van der Waals surface area contributed by atoms with Crippen molar-refractivity contribution in [3.63, 3.8) is 0 Å². The van der Waals surface area contributed by atoms with Crippen LogP contribution >= 0.6 is 0 Å². The zero-order chi connectivity index (χ0) is 12.5. The molecule has 0 atom stereocenters. The first-order valence-electron chi connectivity index (χ1n) is 6.16. The molecule has 18 heavy (non-hydrogen) atoms. The zero-order valence-electron chi connectivity index (χ0n) is 10.7. The summed E-state index contributed by atoms with van der Waals surface area (Å²) in [6.45, 7) is 2.05. The lowest BCUT2D eigenvalue weighted by Crippen LogP contribution is -2.56. The maximum absolute atomic E-state index is 5.40. The Morgan fingerprint density at radius 2 is 2.11 bits per heavy atom. The summed E-state index contributed by atoms with van der Waals surface area (Å²) in [6.07, 6.45) is 1.85. The summed E-state index contributed by atoms with van der Waals surface area (Å²) in [5, 5.41) is 5.55. The van der Waals surface area contributed by atoms with Gasteiger partial charge in [-0.05, 0) is 12.1 Å². The average molecular weight is 243 g/mol. The van der Waals surface area contributed by atoms with Crippen molar-refractivity contribution in [2.75, 3.05) is 32.1 Å². The third-order valence-electron chi connectivity index (χ3n) is 3.61. The number of nitrogens with one attached hydrogen (secondary N) is 1. The average Bonchev–Trinajstić information content (AvgIpc) is 2.35. The van der Waals surface area contributed by atoms with E-state index in [-0.39, 0.29) is 0 Å². The Bertz CT molecular complexity index is 566. The van der Waals surface area contributed by atoms with Gasteiger partial charge in [0.15, 0.2) is 0 Å². The fourth-order valence-corrected chi connectivity index (χ4v) is 2.34. The predicted molar refractivity (Wildman–Crippen MR) is 73.4 cm³/mol. The number of likely N-dealkylation sites (N-methyl/N-ethyl adjacent to an activating group) is 1. The summed E-state index contributed by atoms with van der Waals surface area (Å²) in [5.41, 5.74) is 0. The molecule has 1 N–H and O–H groups in total. The first-order chi connectivity index (χ1) is 8.81. The molecule has 1 saturated heterocycles. The van der Waals surface area contributed by atoms with Gasteiger partial charge in [-0.25, -0.2) is 4.98 Å². The van der Waals surface area contributed by atoms with Crippen LogP contribution in [0.3, 0.4) is 0 Å². The lowest BCUT2D eigenvalue weighted by Gasteiger charge is -2.36. The first kappa shape index (κ1) is 11.3. The standard InChI is InChI=1S/C14H17N3O/c1-17(10-8-15-9-10)14-12-4-3-5-13(18-2)11(12)6-7-16-14/h3-7,10,15H,8-9H2,1-2H3. The van der Waals surface area contributed by atoms with Gasteiger partial charge in [-0.2, -0.15) is 0 Å². The Balaban J connectivity index is 2.11. The minimum atomic E-state index is 0.536. The minimum Gasteiger partial charge on any atom is -0.496 e. The highest BCUT2D eigenvalue weighted by molar-refractivity contribution is 5.96. The van der Waals surface area contributed by atoms with Crippen LogP contribution in [0.25, 0.3) is 10.8 Å². The van der Waals surface area contributed by atoms with Gasteiger partial charge in [0.05, 0.1) is 13.2 Å². The molecule has 1 aromatic heterocycles. The van der Waals surface area contributed by atoms with E-state index in [2.05, 4.69) is 28.3 Å². The van der Waals surface area contributed by atoms with Gasteiger partial charge in [-0.1, -0.05) is 12.1 Å². The number of aromatic nitrogens is 1. The highest BCUT2D eigenvalue weighted by Crippen LogP contribution is 2.31. The van der Waals surface area contributed by atoms with Crippen LogP contribution < -0.4 is 15.0 Å². The zero-order valence-corrected chi connectivity index (χ0v) is 10.7. The molecule has 4 nitrogen and oxygen atoms in total. The molecule has 1 fully saturated rings. The number of ether oxygens (including phenoxy) is 1. The molecule has 2 heterocycles. The smallest absolute Gasteiger partial charge is 0.136 e. The number of pyridine rings is 1.